The van der Waals surface area contributed by atoms with E-state index in [1.54, 1.807) is 7.11 Å². The maximum Gasteiger partial charge on any atom is 0.0476 e. The van der Waals surface area contributed by atoms with Gasteiger partial charge in [-0.2, -0.15) is 0 Å². The fourth-order valence-electron chi connectivity index (χ4n) is 4.24. The van der Waals surface area contributed by atoms with Gasteiger partial charge in [-0.05, 0) is 38.0 Å². The first-order chi connectivity index (χ1) is 9.31. The molecular formula is C17H33NO. The van der Waals surface area contributed by atoms with Crippen LogP contribution in [0.4, 0.5) is 0 Å². The number of hydrogen-bond acceptors (Lipinski definition) is 2. The van der Waals surface area contributed by atoms with E-state index in [1.807, 2.05) is 0 Å². The van der Waals surface area contributed by atoms with Gasteiger partial charge < -0.3 is 10.1 Å². The second-order valence-electron chi connectivity index (χ2n) is 6.80. The quantitative estimate of drug-likeness (QED) is 0.781. The topological polar surface area (TPSA) is 21.3 Å². The largest absolute Gasteiger partial charge is 0.385 e. The van der Waals surface area contributed by atoms with Crippen LogP contribution in [0.1, 0.15) is 71.1 Å². The highest BCUT2D eigenvalue weighted by Crippen LogP contribution is 2.38. The smallest absolute Gasteiger partial charge is 0.0476 e. The fourth-order valence-corrected chi connectivity index (χ4v) is 4.24. The summed E-state index contributed by atoms with van der Waals surface area (Å²) in [6.45, 7) is 3.21. The Kier molecular flexibility index (Phi) is 6.66. The third-order valence-corrected chi connectivity index (χ3v) is 5.33. The number of methoxy groups -OCH3 is 1. The predicted molar refractivity (Wildman–Crippen MR) is 81.4 cm³/mol. The van der Waals surface area contributed by atoms with Crippen LogP contribution < -0.4 is 5.32 Å². The highest BCUT2D eigenvalue weighted by molar-refractivity contribution is 4.88. The fraction of sp³-hybridized carbons (Fsp3) is 1.00. The van der Waals surface area contributed by atoms with Gasteiger partial charge in [0.05, 0.1) is 0 Å². The number of nitrogens with one attached hydrogen (secondary N) is 1. The second kappa shape index (κ2) is 8.26. The molecule has 2 nitrogen and oxygen atoms in total. The predicted octanol–water partition coefficient (Wildman–Crippen LogP) is 4.14. The molecule has 0 aliphatic heterocycles. The lowest BCUT2D eigenvalue weighted by molar-refractivity contribution is 0.133. The van der Waals surface area contributed by atoms with Crippen molar-refractivity contribution in [3.8, 4) is 0 Å². The van der Waals surface area contributed by atoms with E-state index in [1.165, 1.54) is 57.8 Å². The molecule has 0 aromatic rings. The van der Waals surface area contributed by atoms with Gasteiger partial charge in [0, 0.05) is 25.8 Å². The molecule has 0 aromatic carbocycles. The third kappa shape index (κ3) is 4.75. The van der Waals surface area contributed by atoms with E-state index >= 15 is 0 Å². The lowest BCUT2D eigenvalue weighted by Gasteiger charge is -2.40. The summed E-state index contributed by atoms with van der Waals surface area (Å²) in [7, 11) is 1.80. The van der Waals surface area contributed by atoms with E-state index in [9.17, 15) is 0 Å². The molecule has 0 bridgehead atoms. The zero-order chi connectivity index (χ0) is 13.5. The molecule has 2 aliphatic rings. The Labute approximate surface area is 119 Å². The highest BCUT2D eigenvalue weighted by atomic mass is 16.5. The summed E-state index contributed by atoms with van der Waals surface area (Å²) < 4.78 is 5.20. The van der Waals surface area contributed by atoms with Crippen LogP contribution in [0, 0.1) is 11.8 Å². The Bertz CT molecular complexity index is 237. The molecule has 2 rings (SSSR count). The summed E-state index contributed by atoms with van der Waals surface area (Å²) in [6, 6.07) is 1.39. The summed E-state index contributed by atoms with van der Waals surface area (Å²) in [5.74, 6) is 1.97. The third-order valence-electron chi connectivity index (χ3n) is 5.33. The van der Waals surface area contributed by atoms with Crippen molar-refractivity contribution in [2.45, 2.75) is 83.2 Å². The van der Waals surface area contributed by atoms with Crippen molar-refractivity contribution in [2.75, 3.05) is 13.7 Å². The first-order valence-electron chi connectivity index (χ1n) is 8.56. The molecule has 3 atom stereocenters. The average Bonchev–Trinajstić information content (AvgIpc) is 2.46. The monoisotopic (exact) mass is 267 g/mol. The van der Waals surface area contributed by atoms with Crippen molar-refractivity contribution >= 4 is 0 Å². The number of ether oxygens (including phenoxy) is 1. The Morgan fingerprint density at radius 1 is 1.00 bits per heavy atom. The minimum Gasteiger partial charge on any atom is -0.385 e. The van der Waals surface area contributed by atoms with Crippen LogP contribution in [0.25, 0.3) is 0 Å². The van der Waals surface area contributed by atoms with E-state index in [0.717, 1.165) is 30.9 Å². The van der Waals surface area contributed by atoms with Gasteiger partial charge in [0.25, 0.3) is 0 Å². The summed E-state index contributed by atoms with van der Waals surface area (Å²) >= 11 is 0. The maximum atomic E-state index is 5.20. The summed E-state index contributed by atoms with van der Waals surface area (Å²) in [6.07, 6.45) is 14.3. The molecule has 0 heterocycles. The molecular weight excluding hydrogens is 234 g/mol. The Morgan fingerprint density at radius 2 is 1.68 bits per heavy atom. The van der Waals surface area contributed by atoms with Gasteiger partial charge in [-0.1, -0.05) is 44.9 Å². The first-order valence-corrected chi connectivity index (χ1v) is 8.56. The van der Waals surface area contributed by atoms with E-state index in [0.29, 0.717) is 6.04 Å². The van der Waals surface area contributed by atoms with Gasteiger partial charge in [0.2, 0.25) is 0 Å². The second-order valence-corrected chi connectivity index (χ2v) is 6.80. The molecule has 2 aliphatic carbocycles. The molecule has 2 saturated carbocycles. The Morgan fingerprint density at radius 3 is 2.42 bits per heavy atom. The van der Waals surface area contributed by atoms with Gasteiger partial charge in [0.1, 0.15) is 0 Å². The highest BCUT2D eigenvalue weighted by Gasteiger charge is 2.32. The average molecular weight is 267 g/mol. The van der Waals surface area contributed by atoms with Gasteiger partial charge >= 0.3 is 0 Å². The summed E-state index contributed by atoms with van der Waals surface area (Å²) in [5, 5.41) is 3.92. The molecule has 19 heavy (non-hydrogen) atoms. The first kappa shape index (κ1) is 15.3. The van der Waals surface area contributed by atoms with Crippen LogP contribution in [0.15, 0.2) is 0 Å². The number of hydrogen-bond donors (Lipinski definition) is 1. The van der Waals surface area contributed by atoms with Crippen molar-refractivity contribution in [1.29, 1.82) is 0 Å². The molecule has 112 valence electrons. The zero-order valence-corrected chi connectivity index (χ0v) is 13.0. The van der Waals surface area contributed by atoms with Gasteiger partial charge in [-0.25, -0.2) is 0 Å². The van der Waals surface area contributed by atoms with Crippen LogP contribution in [0.5, 0.6) is 0 Å². The van der Waals surface area contributed by atoms with Crippen molar-refractivity contribution < 1.29 is 4.74 Å². The molecule has 1 N–H and O–H groups in total. The SMILES string of the molecule is COCCC(C)NC1CCCCC1C1CCCCC1. The normalized spacial score (nSPS) is 31.3. The molecule has 0 spiro atoms. The maximum absolute atomic E-state index is 5.20. The van der Waals surface area contributed by atoms with Gasteiger partial charge in [-0.3, -0.25) is 0 Å². The molecule has 3 unspecified atom stereocenters. The number of rotatable bonds is 6. The minimum absolute atomic E-state index is 0.606. The Balaban J connectivity index is 1.84. The van der Waals surface area contributed by atoms with Crippen LogP contribution in [0.3, 0.4) is 0 Å². The Hall–Kier alpha value is -0.0800. The lowest BCUT2D eigenvalue weighted by Crippen LogP contribution is -2.46. The standard InChI is InChI=1S/C17H33NO/c1-14(12-13-19-2)18-17-11-7-6-10-16(17)15-8-4-3-5-9-15/h14-18H,3-13H2,1-2H3. The van der Waals surface area contributed by atoms with E-state index < -0.39 is 0 Å². The lowest BCUT2D eigenvalue weighted by atomic mass is 9.71. The van der Waals surface area contributed by atoms with Crippen molar-refractivity contribution in [1.82, 2.24) is 5.32 Å². The molecule has 0 aromatic heterocycles. The van der Waals surface area contributed by atoms with Crippen molar-refractivity contribution in [3.63, 3.8) is 0 Å². The molecule has 2 heteroatoms. The van der Waals surface area contributed by atoms with Gasteiger partial charge in [-0.15, -0.1) is 0 Å². The van der Waals surface area contributed by atoms with Crippen LogP contribution in [-0.2, 0) is 4.74 Å². The van der Waals surface area contributed by atoms with Crippen molar-refractivity contribution in [2.24, 2.45) is 11.8 Å². The summed E-state index contributed by atoms with van der Waals surface area (Å²) in [5.41, 5.74) is 0. The zero-order valence-electron chi connectivity index (χ0n) is 13.0. The molecule has 0 amide bonds. The van der Waals surface area contributed by atoms with Crippen LogP contribution in [-0.4, -0.2) is 25.8 Å². The van der Waals surface area contributed by atoms with Crippen LogP contribution >= 0.6 is 0 Å². The van der Waals surface area contributed by atoms with E-state index in [-0.39, 0.29) is 0 Å². The molecule has 0 saturated heterocycles. The minimum atomic E-state index is 0.606. The molecule has 2 fully saturated rings. The van der Waals surface area contributed by atoms with E-state index in [2.05, 4.69) is 12.2 Å². The molecule has 0 radical (unpaired) electrons. The van der Waals surface area contributed by atoms with Crippen molar-refractivity contribution in [3.05, 3.63) is 0 Å². The van der Waals surface area contributed by atoms with Gasteiger partial charge in [0.15, 0.2) is 0 Å². The van der Waals surface area contributed by atoms with E-state index in [4.69, 9.17) is 4.74 Å². The van der Waals surface area contributed by atoms with Crippen LogP contribution in [0.2, 0.25) is 0 Å². The summed E-state index contributed by atoms with van der Waals surface area (Å²) in [4.78, 5) is 0.